The van der Waals surface area contributed by atoms with Crippen molar-refractivity contribution in [2.45, 2.75) is 20.0 Å². The predicted molar refractivity (Wildman–Crippen MR) is 104 cm³/mol. The Hall–Kier alpha value is -3.68. The first-order valence-corrected chi connectivity index (χ1v) is 8.81. The summed E-state index contributed by atoms with van der Waals surface area (Å²) in [7, 11) is 1.58. The van der Waals surface area contributed by atoms with E-state index >= 15 is 0 Å². The van der Waals surface area contributed by atoms with Crippen LogP contribution >= 0.6 is 0 Å². The average molecular weight is 378 g/mol. The minimum atomic E-state index is -0.410. The highest BCUT2D eigenvalue weighted by Crippen LogP contribution is 2.21. The van der Waals surface area contributed by atoms with Gasteiger partial charge in [-0.25, -0.2) is 4.79 Å². The molecule has 2 aromatic heterocycles. The number of nitrogens with zero attached hydrogens (tertiary/aromatic N) is 4. The Kier molecular flexibility index (Phi) is 4.52. The maximum atomic E-state index is 12.8. The lowest BCUT2D eigenvalue weighted by Crippen LogP contribution is -2.39. The number of fused-ring (bicyclic) bond motifs is 1. The Morgan fingerprint density at radius 3 is 2.68 bits per heavy atom. The van der Waals surface area contributed by atoms with Crippen LogP contribution in [0.1, 0.15) is 12.8 Å². The molecule has 0 N–H and O–H groups in total. The summed E-state index contributed by atoms with van der Waals surface area (Å²) in [6, 6.07) is 14.3. The summed E-state index contributed by atoms with van der Waals surface area (Å²) in [4.78, 5) is 29.7. The van der Waals surface area contributed by atoms with E-state index in [4.69, 9.17) is 9.26 Å². The third kappa shape index (κ3) is 2.98. The van der Waals surface area contributed by atoms with Crippen LogP contribution in [0.2, 0.25) is 0 Å². The molecular weight excluding hydrogens is 360 g/mol. The predicted octanol–water partition coefficient (Wildman–Crippen LogP) is 2.29. The molecule has 0 atom stereocenters. The maximum absolute atomic E-state index is 12.8. The van der Waals surface area contributed by atoms with Crippen molar-refractivity contribution in [1.29, 1.82) is 0 Å². The molecule has 8 heteroatoms. The fourth-order valence-electron chi connectivity index (χ4n) is 3.14. The topological polar surface area (TPSA) is 92.2 Å². The van der Waals surface area contributed by atoms with Crippen LogP contribution in [0, 0.1) is 0 Å². The second-order valence-electron chi connectivity index (χ2n) is 6.18. The molecule has 0 radical (unpaired) electrons. The Balaban J connectivity index is 1.78. The fraction of sp³-hybridized carbons (Fsp3) is 0.200. The first-order chi connectivity index (χ1) is 13.6. The summed E-state index contributed by atoms with van der Waals surface area (Å²) >= 11 is 0. The number of hydrogen-bond donors (Lipinski definition) is 0. The summed E-state index contributed by atoms with van der Waals surface area (Å²) in [5.41, 5.74) is 0.558. The van der Waals surface area contributed by atoms with Crippen molar-refractivity contribution >= 4 is 10.9 Å². The lowest BCUT2D eigenvalue weighted by atomic mass is 10.2. The van der Waals surface area contributed by atoms with Gasteiger partial charge in [0, 0.05) is 12.1 Å². The maximum Gasteiger partial charge on any atom is 0.331 e. The molecule has 2 aromatic carbocycles. The van der Waals surface area contributed by atoms with Crippen molar-refractivity contribution in [2.75, 3.05) is 7.11 Å². The lowest BCUT2D eigenvalue weighted by molar-refractivity contribution is 0.369. The van der Waals surface area contributed by atoms with Crippen molar-refractivity contribution in [1.82, 2.24) is 19.3 Å². The van der Waals surface area contributed by atoms with E-state index in [1.54, 1.807) is 44.4 Å². The fourth-order valence-corrected chi connectivity index (χ4v) is 3.14. The molecule has 0 aliphatic rings. The third-order valence-corrected chi connectivity index (χ3v) is 4.54. The number of rotatable bonds is 5. The largest absolute Gasteiger partial charge is 0.497 e. The summed E-state index contributed by atoms with van der Waals surface area (Å²) in [5, 5.41) is 4.47. The van der Waals surface area contributed by atoms with E-state index in [1.165, 1.54) is 9.13 Å². The van der Waals surface area contributed by atoms with E-state index in [0.29, 0.717) is 22.5 Å². The zero-order valence-corrected chi connectivity index (χ0v) is 15.5. The molecule has 0 spiro atoms. The van der Waals surface area contributed by atoms with Gasteiger partial charge in [-0.2, -0.15) is 4.98 Å². The average Bonchev–Trinajstić information content (AvgIpc) is 3.20. The summed E-state index contributed by atoms with van der Waals surface area (Å²) in [5.74, 6) is 1.35. The van der Waals surface area contributed by atoms with Crippen LogP contribution in [0.5, 0.6) is 5.75 Å². The van der Waals surface area contributed by atoms with Crippen LogP contribution < -0.4 is 16.0 Å². The van der Waals surface area contributed by atoms with Crippen LogP contribution in [0.4, 0.5) is 0 Å². The van der Waals surface area contributed by atoms with Crippen LogP contribution in [0.15, 0.2) is 62.6 Å². The lowest BCUT2D eigenvalue weighted by Gasteiger charge is -2.11. The molecule has 0 aliphatic heterocycles. The molecule has 2 heterocycles. The molecule has 4 aromatic rings. The van der Waals surface area contributed by atoms with Crippen LogP contribution in [-0.4, -0.2) is 26.4 Å². The molecule has 0 unspecified atom stereocenters. The first-order valence-electron chi connectivity index (χ1n) is 8.81. The minimum absolute atomic E-state index is 0.0661. The van der Waals surface area contributed by atoms with Gasteiger partial charge in [0.15, 0.2) is 0 Å². The van der Waals surface area contributed by atoms with Crippen LogP contribution in [-0.2, 0) is 13.1 Å². The number of aromatic nitrogens is 4. The van der Waals surface area contributed by atoms with Crippen molar-refractivity contribution in [3.05, 3.63) is 75.3 Å². The highest BCUT2D eigenvalue weighted by molar-refractivity contribution is 5.77. The molecule has 8 nitrogen and oxygen atoms in total. The SMILES string of the molecule is CCn1c(=O)c2ccccc2n(Cc2nc(-c3cccc(OC)c3)no2)c1=O. The second-order valence-corrected chi connectivity index (χ2v) is 6.18. The molecule has 0 amide bonds. The van der Waals surface area contributed by atoms with Gasteiger partial charge in [0.1, 0.15) is 12.3 Å². The molecular formula is C20H18N4O4. The molecule has 0 saturated carbocycles. The van der Waals surface area contributed by atoms with Gasteiger partial charge in [-0.05, 0) is 31.2 Å². The van der Waals surface area contributed by atoms with Crippen molar-refractivity contribution < 1.29 is 9.26 Å². The molecule has 142 valence electrons. The Bertz CT molecular complexity index is 1270. The van der Waals surface area contributed by atoms with Gasteiger partial charge in [-0.3, -0.25) is 13.9 Å². The Morgan fingerprint density at radius 2 is 1.89 bits per heavy atom. The van der Waals surface area contributed by atoms with Crippen LogP contribution in [0.3, 0.4) is 0 Å². The number of hydrogen-bond acceptors (Lipinski definition) is 6. The van der Waals surface area contributed by atoms with Gasteiger partial charge in [-0.1, -0.05) is 29.4 Å². The highest BCUT2D eigenvalue weighted by atomic mass is 16.5. The van der Waals surface area contributed by atoms with E-state index < -0.39 is 5.69 Å². The molecule has 0 bridgehead atoms. The molecule has 28 heavy (non-hydrogen) atoms. The van der Waals surface area contributed by atoms with Gasteiger partial charge in [0.25, 0.3) is 5.56 Å². The van der Waals surface area contributed by atoms with E-state index in [-0.39, 0.29) is 24.5 Å². The Morgan fingerprint density at radius 1 is 1.07 bits per heavy atom. The quantitative estimate of drug-likeness (QED) is 0.529. The second kappa shape index (κ2) is 7.15. The zero-order chi connectivity index (χ0) is 19.7. The standard InChI is InChI=1S/C20H18N4O4/c1-3-23-19(25)15-9-4-5-10-16(15)24(20(23)26)12-17-21-18(22-28-17)13-7-6-8-14(11-13)27-2/h4-11H,3,12H2,1-2H3. The van der Waals surface area contributed by atoms with Gasteiger partial charge in [0.2, 0.25) is 11.7 Å². The van der Waals surface area contributed by atoms with Gasteiger partial charge >= 0.3 is 5.69 Å². The van der Waals surface area contributed by atoms with E-state index in [1.807, 2.05) is 18.2 Å². The summed E-state index contributed by atoms with van der Waals surface area (Å²) in [6.45, 7) is 2.10. The summed E-state index contributed by atoms with van der Waals surface area (Å²) < 4.78 is 13.2. The zero-order valence-electron chi connectivity index (χ0n) is 15.5. The first kappa shape index (κ1) is 17.7. The molecule has 0 aliphatic carbocycles. The normalized spacial score (nSPS) is 11.1. The minimum Gasteiger partial charge on any atom is -0.497 e. The van der Waals surface area contributed by atoms with Crippen molar-refractivity contribution in [3.63, 3.8) is 0 Å². The molecule has 4 rings (SSSR count). The van der Waals surface area contributed by atoms with Gasteiger partial charge in [-0.15, -0.1) is 0 Å². The van der Waals surface area contributed by atoms with Crippen molar-refractivity contribution in [3.8, 4) is 17.1 Å². The summed E-state index contributed by atoms with van der Waals surface area (Å²) in [6.07, 6.45) is 0. The molecule has 0 fully saturated rings. The van der Waals surface area contributed by atoms with Gasteiger partial charge < -0.3 is 9.26 Å². The van der Waals surface area contributed by atoms with E-state index in [0.717, 1.165) is 5.56 Å². The highest BCUT2D eigenvalue weighted by Gasteiger charge is 2.15. The third-order valence-electron chi connectivity index (χ3n) is 4.54. The van der Waals surface area contributed by atoms with E-state index in [9.17, 15) is 9.59 Å². The number of para-hydroxylation sites is 1. The Labute approximate surface area is 159 Å². The van der Waals surface area contributed by atoms with E-state index in [2.05, 4.69) is 10.1 Å². The number of benzene rings is 2. The molecule has 0 saturated heterocycles. The van der Waals surface area contributed by atoms with Gasteiger partial charge in [0.05, 0.1) is 18.0 Å². The smallest absolute Gasteiger partial charge is 0.331 e. The van der Waals surface area contributed by atoms with Crippen LogP contribution in [0.25, 0.3) is 22.3 Å². The monoisotopic (exact) mass is 378 g/mol. The number of methoxy groups -OCH3 is 1. The number of ether oxygens (including phenoxy) is 1. The van der Waals surface area contributed by atoms with Crippen molar-refractivity contribution in [2.24, 2.45) is 0 Å².